The van der Waals surface area contributed by atoms with Gasteiger partial charge in [0.1, 0.15) is 0 Å². The Balaban J connectivity index is 2.03. The summed E-state index contributed by atoms with van der Waals surface area (Å²) in [6.45, 7) is 2.53. The Bertz CT molecular complexity index is 399. The molecule has 0 N–H and O–H groups in total. The van der Waals surface area contributed by atoms with Crippen molar-refractivity contribution in [3.8, 4) is 5.75 Å². The lowest BCUT2D eigenvalue weighted by molar-refractivity contribution is 0.118. The first kappa shape index (κ1) is 13.7. The molecule has 0 heterocycles. The van der Waals surface area contributed by atoms with Crippen molar-refractivity contribution in [3.63, 3.8) is 0 Å². The summed E-state index contributed by atoms with van der Waals surface area (Å²) in [6.07, 6.45) is 6.06. The van der Waals surface area contributed by atoms with Gasteiger partial charge in [0.2, 0.25) is 0 Å². The second kappa shape index (κ2) is 5.96. The molecule has 3 heteroatoms. The van der Waals surface area contributed by atoms with Gasteiger partial charge in [-0.1, -0.05) is 25.3 Å². The minimum atomic E-state index is -0.272. The lowest BCUT2D eigenvalue weighted by Gasteiger charge is -2.35. The zero-order chi connectivity index (χ0) is 13.0. The van der Waals surface area contributed by atoms with Crippen LogP contribution in [0.25, 0.3) is 0 Å². The van der Waals surface area contributed by atoms with Crippen molar-refractivity contribution in [2.75, 3.05) is 12.4 Å². The van der Waals surface area contributed by atoms with E-state index >= 15 is 0 Å². The molecule has 18 heavy (non-hydrogen) atoms. The molecular weight excluding hydrogens is 247 g/mol. The summed E-state index contributed by atoms with van der Waals surface area (Å²) in [4.78, 5) is 0. The van der Waals surface area contributed by atoms with Crippen LogP contribution in [-0.2, 0) is 0 Å². The highest BCUT2D eigenvalue weighted by atomic mass is 32.1. The van der Waals surface area contributed by atoms with Gasteiger partial charge < -0.3 is 4.74 Å². The Morgan fingerprint density at radius 2 is 2.00 bits per heavy atom. The van der Waals surface area contributed by atoms with Crippen LogP contribution in [0.4, 0.5) is 4.39 Å². The number of ether oxygens (including phenoxy) is 1. The number of benzene rings is 1. The minimum absolute atomic E-state index is 0.136. The van der Waals surface area contributed by atoms with Crippen molar-refractivity contribution >= 4 is 12.6 Å². The minimum Gasteiger partial charge on any atom is -0.490 e. The number of rotatable bonds is 4. The number of hydrogen-bond donors (Lipinski definition) is 1. The van der Waals surface area contributed by atoms with E-state index in [1.807, 2.05) is 6.92 Å². The lowest BCUT2D eigenvalue weighted by atomic mass is 9.76. The monoisotopic (exact) mass is 268 g/mol. The van der Waals surface area contributed by atoms with E-state index in [0.717, 1.165) is 24.2 Å². The van der Waals surface area contributed by atoms with Gasteiger partial charge in [-0.3, -0.25) is 0 Å². The van der Waals surface area contributed by atoms with Crippen LogP contribution in [0.15, 0.2) is 18.2 Å². The van der Waals surface area contributed by atoms with E-state index in [0.29, 0.717) is 12.4 Å². The van der Waals surface area contributed by atoms with Crippen LogP contribution in [0, 0.1) is 18.2 Å². The normalized spacial score (nSPS) is 18.6. The predicted octanol–water partition coefficient (Wildman–Crippen LogP) is 4.39. The first-order valence-electron chi connectivity index (χ1n) is 6.65. The van der Waals surface area contributed by atoms with Crippen molar-refractivity contribution in [3.05, 3.63) is 29.6 Å². The van der Waals surface area contributed by atoms with Gasteiger partial charge in [0.05, 0.1) is 6.61 Å². The molecule has 0 atom stereocenters. The molecule has 2 rings (SSSR count). The summed E-state index contributed by atoms with van der Waals surface area (Å²) in [6, 6.07) is 5.00. The Morgan fingerprint density at radius 1 is 1.28 bits per heavy atom. The Kier molecular flexibility index (Phi) is 4.55. The molecule has 0 bridgehead atoms. The average Bonchev–Trinajstić information content (AvgIpc) is 2.41. The molecule has 1 saturated carbocycles. The van der Waals surface area contributed by atoms with Crippen LogP contribution in [0.5, 0.6) is 5.75 Å². The summed E-state index contributed by atoms with van der Waals surface area (Å²) in [5, 5.41) is 0. The van der Waals surface area contributed by atoms with E-state index in [4.69, 9.17) is 4.74 Å². The molecule has 1 fully saturated rings. The van der Waals surface area contributed by atoms with Crippen LogP contribution in [0.1, 0.15) is 37.7 Å². The zero-order valence-electron chi connectivity index (χ0n) is 10.9. The zero-order valence-corrected chi connectivity index (χ0v) is 11.8. The van der Waals surface area contributed by atoms with E-state index in [2.05, 4.69) is 12.6 Å². The first-order chi connectivity index (χ1) is 8.65. The molecule has 1 aromatic rings. The molecule has 0 saturated heterocycles. The summed E-state index contributed by atoms with van der Waals surface area (Å²) in [5.74, 6) is 0.924. The topological polar surface area (TPSA) is 9.23 Å². The molecule has 1 aromatic carbocycles. The molecule has 0 amide bonds. The van der Waals surface area contributed by atoms with Crippen molar-refractivity contribution in [1.29, 1.82) is 0 Å². The molecule has 0 spiro atoms. The maximum absolute atomic E-state index is 13.6. The maximum Gasteiger partial charge on any atom is 0.165 e. The van der Waals surface area contributed by atoms with E-state index in [9.17, 15) is 4.39 Å². The fourth-order valence-electron chi connectivity index (χ4n) is 2.60. The fourth-order valence-corrected chi connectivity index (χ4v) is 3.01. The molecule has 1 aliphatic carbocycles. The maximum atomic E-state index is 13.6. The SMILES string of the molecule is Cc1ccc(F)c(OCC2(CS)CCCCC2)c1. The smallest absolute Gasteiger partial charge is 0.165 e. The summed E-state index contributed by atoms with van der Waals surface area (Å²) >= 11 is 4.47. The van der Waals surface area contributed by atoms with Crippen molar-refractivity contribution in [1.82, 2.24) is 0 Å². The van der Waals surface area contributed by atoms with Gasteiger partial charge in [0.25, 0.3) is 0 Å². The molecule has 1 nitrogen and oxygen atoms in total. The third-order valence-electron chi connectivity index (χ3n) is 3.87. The van der Waals surface area contributed by atoms with Gasteiger partial charge in [0.15, 0.2) is 11.6 Å². The number of hydrogen-bond acceptors (Lipinski definition) is 2. The molecule has 0 aliphatic heterocycles. The van der Waals surface area contributed by atoms with Gasteiger partial charge in [0, 0.05) is 5.41 Å². The summed E-state index contributed by atoms with van der Waals surface area (Å²) < 4.78 is 19.3. The highest BCUT2D eigenvalue weighted by molar-refractivity contribution is 7.80. The highest BCUT2D eigenvalue weighted by Crippen LogP contribution is 2.38. The number of halogens is 1. The van der Waals surface area contributed by atoms with Gasteiger partial charge in [-0.05, 0) is 43.2 Å². The van der Waals surface area contributed by atoms with Gasteiger partial charge >= 0.3 is 0 Å². The Hall–Kier alpha value is -0.700. The van der Waals surface area contributed by atoms with Crippen LogP contribution < -0.4 is 4.74 Å². The molecule has 0 aromatic heterocycles. The van der Waals surface area contributed by atoms with E-state index in [-0.39, 0.29) is 11.2 Å². The Morgan fingerprint density at radius 3 is 2.67 bits per heavy atom. The van der Waals surface area contributed by atoms with E-state index in [1.54, 1.807) is 12.1 Å². The second-order valence-corrected chi connectivity index (χ2v) is 5.76. The van der Waals surface area contributed by atoms with Crippen LogP contribution >= 0.6 is 12.6 Å². The third-order valence-corrected chi connectivity index (χ3v) is 4.54. The highest BCUT2D eigenvalue weighted by Gasteiger charge is 2.31. The fraction of sp³-hybridized carbons (Fsp3) is 0.600. The second-order valence-electron chi connectivity index (χ2n) is 5.44. The van der Waals surface area contributed by atoms with Crippen LogP contribution in [0.2, 0.25) is 0 Å². The lowest BCUT2D eigenvalue weighted by Crippen LogP contribution is -2.33. The molecular formula is C15H21FOS. The standard InChI is InChI=1S/C15H21FOS/c1-12-5-6-13(16)14(9-12)17-10-15(11-18)7-3-2-4-8-15/h5-6,9,18H,2-4,7-8,10-11H2,1H3. The van der Waals surface area contributed by atoms with E-state index in [1.165, 1.54) is 25.3 Å². The van der Waals surface area contributed by atoms with Gasteiger partial charge in [-0.15, -0.1) is 0 Å². The number of thiol groups is 1. The molecule has 0 radical (unpaired) electrons. The van der Waals surface area contributed by atoms with Crippen LogP contribution in [-0.4, -0.2) is 12.4 Å². The summed E-state index contributed by atoms with van der Waals surface area (Å²) in [7, 11) is 0. The molecule has 100 valence electrons. The van der Waals surface area contributed by atoms with Gasteiger partial charge in [-0.25, -0.2) is 4.39 Å². The van der Waals surface area contributed by atoms with Crippen LogP contribution in [0.3, 0.4) is 0 Å². The quantitative estimate of drug-likeness (QED) is 0.797. The Labute approximate surface area is 114 Å². The molecule has 1 aliphatic rings. The largest absolute Gasteiger partial charge is 0.490 e. The third kappa shape index (κ3) is 3.19. The first-order valence-corrected chi connectivity index (χ1v) is 7.28. The van der Waals surface area contributed by atoms with Crippen molar-refractivity contribution < 1.29 is 9.13 Å². The number of aryl methyl sites for hydroxylation is 1. The predicted molar refractivity (Wildman–Crippen MR) is 76.0 cm³/mol. The average molecular weight is 268 g/mol. The van der Waals surface area contributed by atoms with Crippen molar-refractivity contribution in [2.45, 2.75) is 39.0 Å². The summed E-state index contributed by atoms with van der Waals surface area (Å²) in [5.41, 5.74) is 1.16. The van der Waals surface area contributed by atoms with E-state index < -0.39 is 0 Å². The van der Waals surface area contributed by atoms with Crippen molar-refractivity contribution in [2.24, 2.45) is 5.41 Å². The van der Waals surface area contributed by atoms with Gasteiger partial charge in [-0.2, -0.15) is 12.6 Å². The molecule has 0 unspecified atom stereocenters.